The number of hydrogen-bond acceptors (Lipinski definition) is 9. The summed E-state index contributed by atoms with van der Waals surface area (Å²) < 4.78 is 10.3. The van der Waals surface area contributed by atoms with Crippen molar-refractivity contribution >= 4 is 35.5 Å². The summed E-state index contributed by atoms with van der Waals surface area (Å²) >= 11 is 3.07. The lowest BCUT2D eigenvalue weighted by atomic mass is 10.2. The third-order valence-corrected chi connectivity index (χ3v) is 4.80. The highest BCUT2D eigenvalue weighted by atomic mass is 32.2. The van der Waals surface area contributed by atoms with E-state index < -0.39 is 12.0 Å². The highest BCUT2D eigenvalue weighted by Crippen LogP contribution is 2.17. The standard InChI is InChI=1S/C11H19N3O4S2/c12-7(9(16)18-11-14-4-6-20-11)1-2-8(15)17-10-13-3-5-19-10/h7,10-11,13-14H,1-6,12H2/t7-,10?,11?/m0/s1. The topological polar surface area (TPSA) is 103 Å². The Bertz CT molecular complexity index is 347. The molecular weight excluding hydrogens is 302 g/mol. The Labute approximate surface area is 126 Å². The average Bonchev–Trinajstić information content (AvgIpc) is 3.09. The van der Waals surface area contributed by atoms with Crippen LogP contribution in [0.25, 0.3) is 0 Å². The van der Waals surface area contributed by atoms with Crippen molar-refractivity contribution in [2.45, 2.75) is 30.0 Å². The van der Waals surface area contributed by atoms with Crippen molar-refractivity contribution in [1.29, 1.82) is 0 Å². The fourth-order valence-corrected chi connectivity index (χ4v) is 3.43. The molecule has 2 unspecified atom stereocenters. The largest absolute Gasteiger partial charge is 0.437 e. The smallest absolute Gasteiger partial charge is 0.325 e. The minimum Gasteiger partial charge on any atom is -0.437 e. The zero-order valence-corrected chi connectivity index (χ0v) is 12.6. The van der Waals surface area contributed by atoms with Gasteiger partial charge in [-0.15, -0.1) is 23.5 Å². The van der Waals surface area contributed by atoms with Gasteiger partial charge in [0, 0.05) is 31.0 Å². The number of hydrogen-bond donors (Lipinski definition) is 3. The van der Waals surface area contributed by atoms with E-state index in [4.69, 9.17) is 15.2 Å². The molecule has 0 aromatic heterocycles. The first-order valence-electron chi connectivity index (χ1n) is 6.50. The van der Waals surface area contributed by atoms with Crippen LogP contribution in [-0.2, 0) is 19.1 Å². The lowest BCUT2D eigenvalue weighted by Gasteiger charge is -2.16. The van der Waals surface area contributed by atoms with E-state index >= 15 is 0 Å². The average molecular weight is 321 g/mol. The summed E-state index contributed by atoms with van der Waals surface area (Å²) in [5.41, 5.74) is 5.12. The molecule has 2 saturated heterocycles. The molecule has 0 aliphatic carbocycles. The molecule has 0 aromatic carbocycles. The second kappa shape index (κ2) is 8.08. The van der Waals surface area contributed by atoms with Gasteiger partial charge in [0.25, 0.3) is 0 Å². The zero-order valence-electron chi connectivity index (χ0n) is 11.0. The first kappa shape index (κ1) is 15.9. The SMILES string of the molecule is N[C@@H](CCC(=O)OC1NCCS1)C(=O)OC1NCCS1. The zero-order chi connectivity index (χ0) is 14.4. The molecule has 0 saturated carbocycles. The third kappa shape index (κ3) is 5.13. The Balaban J connectivity index is 1.61. The molecule has 0 amide bonds. The minimum absolute atomic E-state index is 0.111. The van der Waals surface area contributed by atoms with E-state index in [-0.39, 0.29) is 29.9 Å². The predicted molar refractivity (Wildman–Crippen MR) is 77.9 cm³/mol. The molecular formula is C11H19N3O4S2. The van der Waals surface area contributed by atoms with Gasteiger partial charge in [-0.1, -0.05) is 0 Å². The summed E-state index contributed by atoms with van der Waals surface area (Å²) in [6, 6.07) is -0.797. The summed E-state index contributed by atoms with van der Waals surface area (Å²) in [5, 5.41) is 6.05. The Morgan fingerprint density at radius 2 is 1.75 bits per heavy atom. The van der Waals surface area contributed by atoms with Crippen LogP contribution in [0.4, 0.5) is 0 Å². The van der Waals surface area contributed by atoms with Gasteiger partial charge in [0.1, 0.15) is 6.04 Å². The van der Waals surface area contributed by atoms with Crippen LogP contribution in [0.5, 0.6) is 0 Å². The van der Waals surface area contributed by atoms with Gasteiger partial charge >= 0.3 is 11.9 Å². The van der Waals surface area contributed by atoms with E-state index in [1.54, 1.807) is 11.8 Å². The van der Waals surface area contributed by atoms with Crippen LogP contribution in [0, 0.1) is 0 Å². The molecule has 3 atom stereocenters. The summed E-state index contributed by atoms with van der Waals surface area (Å²) in [6.07, 6.45) is 0.340. The van der Waals surface area contributed by atoms with Crippen LogP contribution in [0.2, 0.25) is 0 Å². The van der Waals surface area contributed by atoms with E-state index in [2.05, 4.69) is 10.6 Å². The summed E-state index contributed by atoms with van der Waals surface area (Å²) in [6.45, 7) is 1.65. The van der Waals surface area contributed by atoms with Crippen LogP contribution < -0.4 is 16.4 Å². The number of rotatable bonds is 6. The Kier molecular flexibility index (Phi) is 6.43. The predicted octanol–water partition coefficient (Wildman–Crippen LogP) is -0.580. The van der Waals surface area contributed by atoms with Crippen molar-refractivity contribution in [2.24, 2.45) is 5.73 Å². The fourth-order valence-electron chi connectivity index (χ4n) is 1.72. The molecule has 9 heteroatoms. The van der Waals surface area contributed by atoms with Crippen molar-refractivity contribution in [1.82, 2.24) is 10.6 Å². The van der Waals surface area contributed by atoms with Crippen LogP contribution in [0.3, 0.4) is 0 Å². The quantitative estimate of drug-likeness (QED) is 0.554. The molecule has 0 spiro atoms. The van der Waals surface area contributed by atoms with E-state index in [9.17, 15) is 9.59 Å². The molecule has 2 aliphatic rings. The van der Waals surface area contributed by atoms with Gasteiger partial charge in [0.05, 0.1) is 0 Å². The van der Waals surface area contributed by atoms with Crippen molar-refractivity contribution in [3.05, 3.63) is 0 Å². The maximum atomic E-state index is 11.7. The van der Waals surface area contributed by atoms with Gasteiger partial charge in [-0.25, -0.2) is 0 Å². The van der Waals surface area contributed by atoms with Gasteiger partial charge in [0.15, 0.2) is 0 Å². The maximum absolute atomic E-state index is 11.7. The highest BCUT2D eigenvalue weighted by Gasteiger charge is 2.24. The molecule has 20 heavy (non-hydrogen) atoms. The number of carbonyl (C=O) groups excluding carboxylic acids is 2. The second-order valence-electron chi connectivity index (χ2n) is 4.39. The number of esters is 2. The lowest BCUT2D eigenvalue weighted by Crippen LogP contribution is -2.37. The number of nitrogens with two attached hydrogens (primary N) is 1. The number of nitrogens with one attached hydrogen (secondary N) is 2. The maximum Gasteiger partial charge on any atom is 0.325 e. The van der Waals surface area contributed by atoms with Gasteiger partial charge in [-0.05, 0) is 6.42 Å². The third-order valence-electron chi connectivity index (χ3n) is 2.79. The van der Waals surface area contributed by atoms with Crippen LogP contribution >= 0.6 is 23.5 Å². The van der Waals surface area contributed by atoms with Crippen molar-refractivity contribution in [3.63, 3.8) is 0 Å². The monoisotopic (exact) mass is 321 g/mol. The molecule has 2 aliphatic heterocycles. The van der Waals surface area contributed by atoms with E-state index in [0.717, 1.165) is 24.6 Å². The van der Waals surface area contributed by atoms with Gasteiger partial charge in [0.2, 0.25) is 11.1 Å². The number of carbonyl (C=O) groups is 2. The Morgan fingerprint density at radius 3 is 2.30 bits per heavy atom. The first-order chi connectivity index (χ1) is 9.65. The molecule has 2 heterocycles. The molecule has 4 N–H and O–H groups in total. The van der Waals surface area contributed by atoms with E-state index in [1.165, 1.54) is 11.8 Å². The van der Waals surface area contributed by atoms with Gasteiger partial charge < -0.3 is 15.2 Å². The fraction of sp³-hybridized carbons (Fsp3) is 0.818. The minimum atomic E-state index is -0.797. The van der Waals surface area contributed by atoms with Crippen molar-refractivity contribution in [2.75, 3.05) is 24.6 Å². The number of thioether (sulfide) groups is 2. The summed E-state index contributed by atoms with van der Waals surface area (Å²) in [5.74, 6) is 0.994. The van der Waals surface area contributed by atoms with Gasteiger partial charge in [-0.3, -0.25) is 20.2 Å². The molecule has 0 radical (unpaired) electrons. The summed E-state index contributed by atoms with van der Waals surface area (Å²) in [7, 11) is 0. The van der Waals surface area contributed by atoms with Crippen LogP contribution in [-0.4, -0.2) is 53.7 Å². The highest BCUT2D eigenvalue weighted by molar-refractivity contribution is 8.00. The lowest BCUT2D eigenvalue weighted by molar-refractivity contribution is -0.149. The molecule has 2 rings (SSSR count). The van der Waals surface area contributed by atoms with Crippen molar-refractivity contribution < 1.29 is 19.1 Å². The Hall–Kier alpha value is -0.480. The van der Waals surface area contributed by atoms with Crippen LogP contribution in [0.1, 0.15) is 12.8 Å². The molecule has 114 valence electrons. The molecule has 0 bridgehead atoms. The van der Waals surface area contributed by atoms with Crippen molar-refractivity contribution in [3.8, 4) is 0 Å². The second-order valence-corrected chi connectivity index (χ2v) is 6.73. The molecule has 7 nitrogen and oxygen atoms in total. The van der Waals surface area contributed by atoms with E-state index in [0.29, 0.717) is 0 Å². The first-order valence-corrected chi connectivity index (χ1v) is 8.60. The Morgan fingerprint density at radius 1 is 1.15 bits per heavy atom. The van der Waals surface area contributed by atoms with Gasteiger partial charge in [-0.2, -0.15) is 0 Å². The van der Waals surface area contributed by atoms with Crippen LogP contribution in [0.15, 0.2) is 0 Å². The normalized spacial score (nSPS) is 27.2. The molecule has 0 aromatic rings. The van der Waals surface area contributed by atoms with E-state index in [1.807, 2.05) is 0 Å². The summed E-state index contributed by atoms with van der Waals surface area (Å²) in [4.78, 5) is 23.3. The number of ether oxygens (including phenoxy) is 2. The molecule has 2 fully saturated rings.